The molecule has 116 valence electrons. The number of nitrogens with one attached hydrogen (secondary N) is 2. The minimum absolute atomic E-state index is 0.0851. The van der Waals surface area contributed by atoms with Crippen LogP contribution in [-0.4, -0.2) is 18.4 Å². The standard InChI is InChI=1S/C16H17BrN2O3/c1-10(12-5-3-4-6-14(12)17)19-15(20)9-18-16(21)13-7-8-22-11(13)2/h3-8,10H,9H2,1-2H3,(H,18,21)(H,19,20). The molecule has 2 amide bonds. The number of hydrogen-bond acceptors (Lipinski definition) is 3. The SMILES string of the molecule is Cc1occc1C(=O)NCC(=O)NC(C)c1ccccc1Br. The lowest BCUT2D eigenvalue weighted by Gasteiger charge is -2.16. The van der Waals surface area contributed by atoms with Crippen LogP contribution in [0.1, 0.15) is 34.6 Å². The van der Waals surface area contributed by atoms with Crippen LogP contribution in [0.3, 0.4) is 0 Å². The van der Waals surface area contributed by atoms with Crippen molar-refractivity contribution in [2.24, 2.45) is 0 Å². The Bertz CT molecular complexity index is 682. The van der Waals surface area contributed by atoms with Crippen LogP contribution in [0.5, 0.6) is 0 Å². The molecule has 22 heavy (non-hydrogen) atoms. The van der Waals surface area contributed by atoms with Gasteiger partial charge in [-0.25, -0.2) is 0 Å². The fourth-order valence-corrected chi connectivity index (χ4v) is 2.70. The molecule has 6 heteroatoms. The van der Waals surface area contributed by atoms with Gasteiger partial charge in [-0.15, -0.1) is 0 Å². The van der Waals surface area contributed by atoms with Crippen LogP contribution in [0.2, 0.25) is 0 Å². The highest BCUT2D eigenvalue weighted by Crippen LogP contribution is 2.22. The summed E-state index contributed by atoms with van der Waals surface area (Å²) in [6.07, 6.45) is 1.44. The molecule has 1 unspecified atom stereocenters. The molecule has 2 rings (SSSR count). The Balaban J connectivity index is 1.87. The highest BCUT2D eigenvalue weighted by Gasteiger charge is 2.15. The van der Waals surface area contributed by atoms with Gasteiger partial charge in [-0.1, -0.05) is 34.1 Å². The number of amides is 2. The van der Waals surface area contributed by atoms with Crippen LogP contribution in [0, 0.1) is 6.92 Å². The van der Waals surface area contributed by atoms with E-state index >= 15 is 0 Å². The van der Waals surface area contributed by atoms with Crippen molar-refractivity contribution in [2.75, 3.05) is 6.54 Å². The Labute approximate surface area is 137 Å². The third kappa shape index (κ3) is 3.98. The molecule has 0 bridgehead atoms. The monoisotopic (exact) mass is 364 g/mol. The number of furan rings is 1. The summed E-state index contributed by atoms with van der Waals surface area (Å²) in [6, 6.07) is 9.09. The molecule has 1 aromatic heterocycles. The summed E-state index contributed by atoms with van der Waals surface area (Å²) < 4.78 is 5.99. The average molecular weight is 365 g/mol. The summed E-state index contributed by atoms with van der Waals surface area (Å²) in [5.41, 5.74) is 1.42. The molecule has 0 fully saturated rings. The second kappa shape index (κ2) is 7.26. The molecule has 1 atom stereocenters. The molecule has 0 saturated carbocycles. The van der Waals surface area contributed by atoms with Gasteiger partial charge < -0.3 is 15.1 Å². The van der Waals surface area contributed by atoms with Crippen LogP contribution in [-0.2, 0) is 4.79 Å². The van der Waals surface area contributed by atoms with Crippen molar-refractivity contribution < 1.29 is 14.0 Å². The molecule has 0 aliphatic heterocycles. The van der Waals surface area contributed by atoms with Crippen LogP contribution in [0.4, 0.5) is 0 Å². The van der Waals surface area contributed by atoms with E-state index in [4.69, 9.17) is 4.42 Å². The molecule has 0 radical (unpaired) electrons. The van der Waals surface area contributed by atoms with E-state index in [0.29, 0.717) is 11.3 Å². The van der Waals surface area contributed by atoms with Gasteiger partial charge in [-0.3, -0.25) is 9.59 Å². The number of halogens is 1. The molecule has 0 aliphatic rings. The van der Waals surface area contributed by atoms with Crippen molar-refractivity contribution in [3.63, 3.8) is 0 Å². The molecule has 5 nitrogen and oxygen atoms in total. The lowest BCUT2D eigenvalue weighted by molar-refractivity contribution is -0.120. The molecule has 1 heterocycles. The summed E-state index contributed by atoms with van der Waals surface area (Å²) in [5.74, 6) is -0.0489. The third-order valence-corrected chi connectivity index (χ3v) is 3.98. The first-order valence-corrected chi connectivity index (χ1v) is 7.64. The second-order valence-electron chi connectivity index (χ2n) is 4.88. The van der Waals surface area contributed by atoms with E-state index in [1.807, 2.05) is 31.2 Å². The van der Waals surface area contributed by atoms with Crippen molar-refractivity contribution in [1.29, 1.82) is 0 Å². The van der Waals surface area contributed by atoms with Crippen LogP contribution >= 0.6 is 15.9 Å². The first-order chi connectivity index (χ1) is 10.5. The fraction of sp³-hybridized carbons (Fsp3) is 0.250. The molecule has 0 aliphatic carbocycles. The number of aryl methyl sites for hydroxylation is 1. The van der Waals surface area contributed by atoms with Gasteiger partial charge in [0.2, 0.25) is 5.91 Å². The van der Waals surface area contributed by atoms with Crippen LogP contribution in [0.25, 0.3) is 0 Å². The van der Waals surface area contributed by atoms with E-state index < -0.39 is 0 Å². The zero-order valence-corrected chi connectivity index (χ0v) is 13.9. The molecular formula is C16H17BrN2O3. The Morgan fingerprint density at radius 1 is 1.27 bits per heavy atom. The predicted molar refractivity (Wildman–Crippen MR) is 86.5 cm³/mol. The van der Waals surface area contributed by atoms with Gasteiger partial charge in [0.25, 0.3) is 5.91 Å². The Morgan fingerprint density at radius 3 is 2.64 bits per heavy atom. The number of carbonyl (C=O) groups excluding carboxylic acids is 2. The first kappa shape index (κ1) is 16.3. The molecular weight excluding hydrogens is 348 g/mol. The molecule has 0 spiro atoms. The number of rotatable bonds is 5. The van der Waals surface area contributed by atoms with Crippen molar-refractivity contribution in [1.82, 2.24) is 10.6 Å². The second-order valence-corrected chi connectivity index (χ2v) is 5.74. The summed E-state index contributed by atoms with van der Waals surface area (Å²) in [4.78, 5) is 23.8. The summed E-state index contributed by atoms with van der Waals surface area (Å²) >= 11 is 3.45. The fourth-order valence-electron chi connectivity index (χ4n) is 2.07. The van der Waals surface area contributed by atoms with E-state index in [2.05, 4.69) is 26.6 Å². The van der Waals surface area contributed by atoms with E-state index in [1.54, 1.807) is 13.0 Å². The van der Waals surface area contributed by atoms with Gasteiger partial charge in [0.15, 0.2) is 0 Å². The number of hydrogen-bond donors (Lipinski definition) is 2. The quantitative estimate of drug-likeness (QED) is 0.856. The van der Waals surface area contributed by atoms with Crippen molar-refractivity contribution in [2.45, 2.75) is 19.9 Å². The van der Waals surface area contributed by atoms with E-state index in [-0.39, 0.29) is 24.4 Å². The number of carbonyl (C=O) groups is 2. The summed E-state index contributed by atoms with van der Waals surface area (Å²) in [6.45, 7) is 3.50. The predicted octanol–water partition coefficient (Wildman–Crippen LogP) is 2.96. The van der Waals surface area contributed by atoms with E-state index in [1.165, 1.54) is 6.26 Å². The van der Waals surface area contributed by atoms with Gasteiger partial charge in [-0.05, 0) is 31.5 Å². The zero-order valence-electron chi connectivity index (χ0n) is 12.4. The van der Waals surface area contributed by atoms with Crippen LogP contribution < -0.4 is 10.6 Å². The summed E-state index contributed by atoms with van der Waals surface area (Å²) in [7, 11) is 0. The van der Waals surface area contributed by atoms with Gasteiger partial charge >= 0.3 is 0 Å². The van der Waals surface area contributed by atoms with Crippen molar-refractivity contribution in [3.05, 3.63) is 58.0 Å². The molecule has 0 saturated heterocycles. The Morgan fingerprint density at radius 2 is 2.00 bits per heavy atom. The molecule has 2 N–H and O–H groups in total. The topological polar surface area (TPSA) is 71.3 Å². The highest BCUT2D eigenvalue weighted by atomic mass is 79.9. The van der Waals surface area contributed by atoms with Gasteiger partial charge in [0, 0.05) is 4.47 Å². The van der Waals surface area contributed by atoms with Gasteiger partial charge in [-0.2, -0.15) is 0 Å². The van der Waals surface area contributed by atoms with Crippen molar-refractivity contribution >= 4 is 27.7 Å². The minimum atomic E-state index is -0.324. The normalized spacial score (nSPS) is 11.8. The highest BCUT2D eigenvalue weighted by molar-refractivity contribution is 9.10. The molecule has 1 aromatic carbocycles. The largest absolute Gasteiger partial charge is 0.469 e. The third-order valence-electron chi connectivity index (χ3n) is 3.26. The zero-order chi connectivity index (χ0) is 16.1. The minimum Gasteiger partial charge on any atom is -0.469 e. The average Bonchev–Trinajstić information content (AvgIpc) is 2.91. The van der Waals surface area contributed by atoms with Gasteiger partial charge in [0.05, 0.1) is 24.4 Å². The van der Waals surface area contributed by atoms with Crippen LogP contribution in [0.15, 0.2) is 45.5 Å². The maximum absolute atomic E-state index is 11.9. The maximum Gasteiger partial charge on any atom is 0.255 e. The van der Waals surface area contributed by atoms with Gasteiger partial charge in [0.1, 0.15) is 5.76 Å². The summed E-state index contributed by atoms with van der Waals surface area (Å²) in [5, 5.41) is 5.42. The van der Waals surface area contributed by atoms with Crippen molar-refractivity contribution in [3.8, 4) is 0 Å². The Hall–Kier alpha value is -2.08. The lowest BCUT2D eigenvalue weighted by Crippen LogP contribution is -2.38. The molecule has 2 aromatic rings. The van der Waals surface area contributed by atoms with E-state index in [0.717, 1.165) is 10.0 Å². The lowest BCUT2D eigenvalue weighted by atomic mass is 10.1. The maximum atomic E-state index is 11.9. The number of benzene rings is 1. The smallest absolute Gasteiger partial charge is 0.255 e. The van der Waals surface area contributed by atoms with E-state index in [9.17, 15) is 9.59 Å². The first-order valence-electron chi connectivity index (χ1n) is 6.85. The Kier molecular flexibility index (Phi) is 5.38.